The van der Waals surface area contributed by atoms with Gasteiger partial charge >= 0.3 is 0 Å². The van der Waals surface area contributed by atoms with Crippen LogP contribution in [0.4, 0.5) is 0 Å². The molecule has 0 atom stereocenters. The minimum Gasteiger partial charge on any atom is -0.256 e. The zero-order valence-electron chi connectivity index (χ0n) is 23.3. The van der Waals surface area contributed by atoms with Gasteiger partial charge in [0.2, 0.25) is 0 Å². The van der Waals surface area contributed by atoms with Gasteiger partial charge in [-0.25, -0.2) is 9.97 Å². The van der Waals surface area contributed by atoms with E-state index in [1.54, 1.807) is 0 Å². The number of aromatic nitrogens is 3. The van der Waals surface area contributed by atoms with Gasteiger partial charge < -0.3 is 0 Å². The van der Waals surface area contributed by atoms with Crippen LogP contribution in [0.3, 0.4) is 0 Å². The highest BCUT2D eigenvalue weighted by Crippen LogP contribution is 2.54. The molecule has 2 aromatic heterocycles. The summed E-state index contributed by atoms with van der Waals surface area (Å²) in [7, 11) is 0. The second-order valence-electron chi connectivity index (χ2n) is 11.8. The Labute approximate surface area is 235 Å². The van der Waals surface area contributed by atoms with Crippen LogP contribution in [0.5, 0.6) is 0 Å². The van der Waals surface area contributed by atoms with Crippen molar-refractivity contribution in [3.63, 3.8) is 0 Å². The Hall–Kier alpha value is -4.63. The van der Waals surface area contributed by atoms with E-state index in [2.05, 4.69) is 118 Å². The Morgan fingerprint density at radius 1 is 0.525 bits per heavy atom. The zero-order chi connectivity index (χ0) is 27.5. The predicted octanol–water partition coefficient (Wildman–Crippen LogP) is 9.26. The van der Waals surface area contributed by atoms with E-state index in [-0.39, 0.29) is 10.8 Å². The van der Waals surface area contributed by atoms with Gasteiger partial charge in [-0.05, 0) is 57.3 Å². The highest BCUT2D eigenvalue weighted by atomic mass is 14.9. The van der Waals surface area contributed by atoms with E-state index in [9.17, 15) is 0 Å². The lowest BCUT2D eigenvalue weighted by Gasteiger charge is -2.48. The van der Waals surface area contributed by atoms with Crippen LogP contribution in [0.25, 0.3) is 55.9 Å². The molecule has 4 aromatic carbocycles. The average molecular weight is 518 g/mol. The summed E-state index contributed by atoms with van der Waals surface area (Å²) in [5, 5.41) is 1.04. The first-order valence-corrected chi connectivity index (χ1v) is 13.9. The molecule has 3 heteroatoms. The second kappa shape index (κ2) is 8.96. The number of para-hydroxylation sites is 1. The fourth-order valence-corrected chi connectivity index (χ4v) is 6.15. The fraction of sp³-hybridized carbons (Fsp3) is 0.162. The molecule has 0 bridgehead atoms. The van der Waals surface area contributed by atoms with E-state index in [1.165, 1.54) is 22.3 Å². The molecule has 0 aliphatic heterocycles. The van der Waals surface area contributed by atoms with Gasteiger partial charge in [-0.2, -0.15) is 0 Å². The van der Waals surface area contributed by atoms with Gasteiger partial charge in [-0.1, -0.05) is 113 Å². The number of nitrogens with zero attached hydrogens (tertiary/aromatic N) is 3. The van der Waals surface area contributed by atoms with Crippen molar-refractivity contribution in [2.75, 3.05) is 0 Å². The summed E-state index contributed by atoms with van der Waals surface area (Å²) >= 11 is 0. The van der Waals surface area contributed by atoms with Crippen LogP contribution in [0, 0.1) is 0 Å². The molecule has 194 valence electrons. The first-order chi connectivity index (χ1) is 19.3. The smallest absolute Gasteiger partial charge is 0.160 e. The number of hydrogen-bond donors (Lipinski definition) is 0. The Balaban J connectivity index is 1.39. The molecule has 1 aliphatic rings. The van der Waals surface area contributed by atoms with E-state index >= 15 is 0 Å². The van der Waals surface area contributed by atoms with Crippen molar-refractivity contribution in [1.29, 1.82) is 0 Å². The number of rotatable bonds is 3. The van der Waals surface area contributed by atoms with Gasteiger partial charge in [0.15, 0.2) is 5.82 Å². The number of pyridine rings is 1. The van der Waals surface area contributed by atoms with Crippen LogP contribution in [-0.4, -0.2) is 15.0 Å². The third kappa shape index (κ3) is 3.69. The third-order valence-corrected chi connectivity index (χ3v) is 9.13. The van der Waals surface area contributed by atoms with Crippen molar-refractivity contribution >= 4 is 10.9 Å². The first-order valence-electron chi connectivity index (χ1n) is 13.9. The summed E-state index contributed by atoms with van der Waals surface area (Å²) < 4.78 is 0. The molecule has 1 aliphatic carbocycles. The van der Waals surface area contributed by atoms with Gasteiger partial charge in [-0.3, -0.25) is 4.98 Å². The standard InChI is InChI=1S/C37H31N3/c1-36(2)30-13-7-5-11-27(30)29-23-26(20-21-31(29)37(36,3)4)35-39-33-15-8-6-12-28(33)34(40-35)25-18-16-24(17-19-25)32-14-9-10-22-38-32/h5-23H,1-4H3. The maximum absolute atomic E-state index is 5.19. The Morgan fingerprint density at radius 2 is 1.18 bits per heavy atom. The molecule has 40 heavy (non-hydrogen) atoms. The molecule has 0 fully saturated rings. The van der Waals surface area contributed by atoms with Gasteiger partial charge in [0, 0.05) is 28.3 Å². The quantitative estimate of drug-likeness (QED) is 0.235. The lowest BCUT2D eigenvalue weighted by atomic mass is 9.55. The first kappa shape index (κ1) is 24.4. The van der Waals surface area contributed by atoms with Crippen LogP contribution >= 0.6 is 0 Å². The van der Waals surface area contributed by atoms with Crippen molar-refractivity contribution in [3.05, 3.63) is 127 Å². The highest BCUT2D eigenvalue weighted by molar-refractivity contribution is 5.94. The van der Waals surface area contributed by atoms with Crippen molar-refractivity contribution in [1.82, 2.24) is 15.0 Å². The third-order valence-electron chi connectivity index (χ3n) is 9.13. The van der Waals surface area contributed by atoms with Crippen molar-refractivity contribution < 1.29 is 0 Å². The van der Waals surface area contributed by atoms with E-state index in [1.807, 2.05) is 30.5 Å². The van der Waals surface area contributed by atoms with Crippen LogP contribution in [-0.2, 0) is 10.8 Å². The Kier molecular flexibility index (Phi) is 5.47. The minimum absolute atomic E-state index is 0.00611. The second-order valence-corrected chi connectivity index (χ2v) is 11.8. The van der Waals surface area contributed by atoms with Crippen LogP contribution in [0.15, 0.2) is 115 Å². The number of fused-ring (bicyclic) bond motifs is 4. The predicted molar refractivity (Wildman–Crippen MR) is 165 cm³/mol. The van der Waals surface area contributed by atoms with Gasteiger partial charge in [0.05, 0.1) is 16.9 Å². The molecule has 0 unspecified atom stereocenters. The van der Waals surface area contributed by atoms with Crippen molar-refractivity contribution in [2.24, 2.45) is 0 Å². The van der Waals surface area contributed by atoms with Gasteiger partial charge in [-0.15, -0.1) is 0 Å². The van der Waals surface area contributed by atoms with Crippen LogP contribution < -0.4 is 0 Å². The van der Waals surface area contributed by atoms with Crippen molar-refractivity contribution in [3.8, 4) is 45.0 Å². The molecule has 0 amide bonds. The summed E-state index contributed by atoms with van der Waals surface area (Å²) in [6, 6.07) is 38.4. The topological polar surface area (TPSA) is 38.7 Å². The number of hydrogen-bond acceptors (Lipinski definition) is 3. The van der Waals surface area contributed by atoms with E-state index in [0.29, 0.717) is 0 Å². The molecular formula is C37H31N3. The molecule has 0 N–H and O–H groups in total. The average Bonchev–Trinajstić information content (AvgIpc) is 3.00. The maximum Gasteiger partial charge on any atom is 0.160 e. The minimum atomic E-state index is -0.0278. The Morgan fingerprint density at radius 3 is 1.95 bits per heavy atom. The number of benzene rings is 4. The van der Waals surface area contributed by atoms with Gasteiger partial charge in [0.1, 0.15) is 0 Å². The summed E-state index contributed by atoms with van der Waals surface area (Å²) in [4.78, 5) is 14.7. The normalized spacial score (nSPS) is 14.9. The van der Waals surface area contributed by atoms with E-state index in [4.69, 9.17) is 9.97 Å². The van der Waals surface area contributed by atoms with Crippen LogP contribution in [0.1, 0.15) is 38.8 Å². The SMILES string of the molecule is CC1(C)c2ccccc2-c2cc(-c3nc(-c4ccc(-c5ccccn5)cc4)c4ccccc4n3)ccc2C1(C)C. The molecule has 0 radical (unpaired) electrons. The molecular weight excluding hydrogens is 486 g/mol. The monoisotopic (exact) mass is 517 g/mol. The molecule has 0 saturated carbocycles. The zero-order valence-corrected chi connectivity index (χ0v) is 23.3. The molecule has 7 rings (SSSR count). The molecule has 2 heterocycles. The van der Waals surface area contributed by atoms with Crippen LogP contribution in [0.2, 0.25) is 0 Å². The molecule has 3 nitrogen and oxygen atoms in total. The van der Waals surface area contributed by atoms with E-state index in [0.717, 1.165) is 44.8 Å². The maximum atomic E-state index is 5.19. The Bertz CT molecular complexity index is 1880. The lowest BCUT2D eigenvalue weighted by Crippen LogP contribution is -2.43. The summed E-state index contributed by atoms with van der Waals surface area (Å²) in [6.07, 6.45) is 1.83. The molecule has 0 spiro atoms. The highest BCUT2D eigenvalue weighted by Gasteiger charge is 2.45. The van der Waals surface area contributed by atoms with Crippen molar-refractivity contribution in [2.45, 2.75) is 38.5 Å². The summed E-state index contributed by atoms with van der Waals surface area (Å²) in [6.45, 7) is 9.45. The molecule has 6 aromatic rings. The largest absolute Gasteiger partial charge is 0.256 e. The van der Waals surface area contributed by atoms with Gasteiger partial charge in [0.25, 0.3) is 0 Å². The summed E-state index contributed by atoms with van der Waals surface area (Å²) in [5.74, 6) is 0.741. The fourth-order valence-electron chi connectivity index (χ4n) is 6.15. The summed E-state index contributed by atoms with van der Waals surface area (Å²) in [5.41, 5.74) is 11.3. The molecule has 0 saturated heterocycles. The lowest BCUT2D eigenvalue weighted by molar-refractivity contribution is 0.299. The van der Waals surface area contributed by atoms with E-state index < -0.39 is 0 Å².